The lowest BCUT2D eigenvalue weighted by molar-refractivity contribution is 0.0319. The Morgan fingerprint density at radius 3 is 2.11 bits per heavy atom. The van der Waals surface area contributed by atoms with Gasteiger partial charge < -0.3 is 9.47 Å². The molecule has 0 aromatic heterocycles. The maximum absolute atomic E-state index is 12.4. The molecule has 2 rings (SSSR count). The third-order valence-electron chi connectivity index (χ3n) is 3.69. The van der Waals surface area contributed by atoms with Crippen molar-refractivity contribution in [3.8, 4) is 5.75 Å². The summed E-state index contributed by atoms with van der Waals surface area (Å²) in [6.45, 7) is 4.08. The topological polar surface area (TPSA) is 98.8 Å². The van der Waals surface area contributed by atoms with E-state index in [0.717, 1.165) is 12.7 Å². The van der Waals surface area contributed by atoms with E-state index in [-0.39, 0.29) is 5.78 Å². The number of sulfonamides is 1. The molecule has 2 aromatic rings. The van der Waals surface area contributed by atoms with E-state index in [4.69, 9.17) is 9.47 Å². The lowest BCUT2D eigenvalue weighted by atomic mass is 10.1. The number of nitrogens with one attached hydrogen (secondary N) is 1. The highest BCUT2D eigenvalue weighted by molar-refractivity contribution is 7.92. The average molecular weight is 405 g/mol. The van der Waals surface area contributed by atoms with Crippen molar-refractivity contribution in [1.29, 1.82) is 0 Å². The molecule has 0 unspecified atom stereocenters. The Balaban J connectivity index is 1.98. The summed E-state index contributed by atoms with van der Waals surface area (Å²) in [5.41, 5.74) is 0.966. The van der Waals surface area contributed by atoms with E-state index in [0.29, 0.717) is 29.2 Å². The van der Waals surface area contributed by atoms with Crippen molar-refractivity contribution in [3.05, 3.63) is 59.7 Å². The molecule has 0 aliphatic heterocycles. The number of anilines is 1. The first kappa shape index (κ1) is 21.4. The van der Waals surface area contributed by atoms with Crippen LogP contribution in [0.5, 0.6) is 5.75 Å². The molecule has 0 amide bonds. The summed E-state index contributed by atoms with van der Waals surface area (Å²) in [5.74, 6) is -0.342. The maximum Gasteiger partial charge on any atom is 0.338 e. The Morgan fingerprint density at radius 2 is 1.57 bits per heavy atom. The minimum Gasteiger partial charge on any atom is -0.494 e. The molecular weight excluding hydrogens is 382 g/mol. The zero-order valence-electron chi connectivity index (χ0n) is 16.0. The van der Waals surface area contributed by atoms with Gasteiger partial charge in [0.15, 0.2) is 6.10 Å². The first-order chi connectivity index (χ1) is 13.2. The molecule has 2 aromatic carbocycles. The van der Waals surface area contributed by atoms with E-state index in [1.165, 1.54) is 31.2 Å². The standard InChI is InChI=1S/C20H23NO6S/c1-4-13-26-18-11-7-16(8-12-18)20(23)27-14(2)19(22)15-5-9-17(10-6-15)21-28(3,24)25/h5-12,14,21H,4,13H2,1-3H3/t14-/m1/s1. The summed E-state index contributed by atoms with van der Waals surface area (Å²) < 4.78 is 35.4. The van der Waals surface area contributed by atoms with E-state index in [1.807, 2.05) is 6.92 Å². The van der Waals surface area contributed by atoms with Gasteiger partial charge in [0.05, 0.1) is 18.4 Å². The number of hydrogen-bond acceptors (Lipinski definition) is 6. The van der Waals surface area contributed by atoms with Crippen LogP contribution in [0.25, 0.3) is 0 Å². The molecule has 0 aliphatic rings. The average Bonchev–Trinajstić information content (AvgIpc) is 2.65. The Bertz CT molecular complexity index is 920. The van der Waals surface area contributed by atoms with Gasteiger partial charge in [-0.15, -0.1) is 0 Å². The first-order valence-electron chi connectivity index (χ1n) is 8.75. The van der Waals surface area contributed by atoms with E-state index >= 15 is 0 Å². The third-order valence-corrected chi connectivity index (χ3v) is 4.30. The summed E-state index contributed by atoms with van der Waals surface area (Å²) in [6.07, 6.45) is 0.933. The molecule has 0 bridgehead atoms. The zero-order chi connectivity index (χ0) is 20.7. The minimum atomic E-state index is -3.39. The van der Waals surface area contributed by atoms with Crippen LogP contribution >= 0.6 is 0 Å². The summed E-state index contributed by atoms with van der Waals surface area (Å²) in [6, 6.07) is 12.4. The van der Waals surface area contributed by atoms with Crippen molar-refractivity contribution < 1.29 is 27.5 Å². The molecule has 0 aliphatic carbocycles. The van der Waals surface area contributed by atoms with Gasteiger partial charge in [0.25, 0.3) is 0 Å². The van der Waals surface area contributed by atoms with Crippen molar-refractivity contribution in [2.45, 2.75) is 26.4 Å². The molecule has 150 valence electrons. The van der Waals surface area contributed by atoms with Crippen molar-refractivity contribution in [2.75, 3.05) is 17.6 Å². The van der Waals surface area contributed by atoms with Gasteiger partial charge in [-0.3, -0.25) is 9.52 Å². The van der Waals surface area contributed by atoms with Gasteiger partial charge in [-0.2, -0.15) is 0 Å². The molecular formula is C20H23NO6S. The lowest BCUT2D eigenvalue weighted by Crippen LogP contribution is -2.24. The fraction of sp³-hybridized carbons (Fsp3) is 0.300. The molecule has 0 spiro atoms. The van der Waals surface area contributed by atoms with Crippen LogP contribution < -0.4 is 9.46 Å². The molecule has 7 nitrogen and oxygen atoms in total. The SMILES string of the molecule is CCCOc1ccc(C(=O)O[C@H](C)C(=O)c2ccc(NS(C)(=O)=O)cc2)cc1. The van der Waals surface area contributed by atoms with E-state index < -0.39 is 22.1 Å². The monoisotopic (exact) mass is 405 g/mol. The highest BCUT2D eigenvalue weighted by Gasteiger charge is 2.20. The number of hydrogen-bond donors (Lipinski definition) is 1. The Morgan fingerprint density at radius 1 is 1.00 bits per heavy atom. The molecule has 0 saturated heterocycles. The molecule has 28 heavy (non-hydrogen) atoms. The second-order valence-corrected chi connectivity index (χ2v) is 7.98. The van der Waals surface area contributed by atoms with Crippen molar-refractivity contribution >= 4 is 27.5 Å². The van der Waals surface area contributed by atoms with E-state index in [9.17, 15) is 18.0 Å². The number of carbonyl (C=O) groups is 2. The van der Waals surface area contributed by atoms with Gasteiger partial charge in [-0.05, 0) is 61.9 Å². The number of Topliss-reactive ketones (excluding diaryl/α,β-unsaturated/α-hetero) is 1. The van der Waals surface area contributed by atoms with Gasteiger partial charge in [0.2, 0.25) is 15.8 Å². The number of ether oxygens (including phenoxy) is 2. The Hall–Kier alpha value is -2.87. The van der Waals surface area contributed by atoms with Gasteiger partial charge in [-0.25, -0.2) is 13.2 Å². The second kappa shape index (κ2) is 9.36. The normalized spacial score (nSPS) is 12.1. The molecule has 8 heteroatoms. The highest BCUT2D eigenvalue weighted by Crippen LogP contribution is 2.16. The molecule has 1 N–H and O–H groups in total. The van der Waals surface area contributed by atoms with Gasteiger partial charge in [-0.1, -0.05) is 6.92 Å². The van der Waals surface area contributed by atoms with Crippen molar-refractivity contribution in [2.24, 2.45) is 0 Å². The predicted molar refractivity (Wildman–Crippen MR) is 106 cm³/mol. The smallest absolute Gasteiger partial charge is 0.338 e. The fourth-order valence-corrected chi connectivity index (χ4v) is 2.90. The largest absolute Gasteiger partial charge is 0.494 e. The zero-order valence-corrected chi connectivity index (χ0v) is 16.8. The van der Waals surface area contributed by atoms with E-state index in [1.54, 1.807) is 24.3 Å². The summed E-state index contributed by atoms with van der Waals surface area (Å²) in [7, 11) is -3.39. The van der Waals surface area contributed by atoms with Crippen LogP contribution in [-0.4, -0.2) is 39.1 Å². The van der Waals surface area contributed by atoms with Crippen LogP contribution in [-0.2, 0) is 14.8 Å². The summed E-state index contributed by atoms with van der Waals surface area (Å²) in [4.78, 5) is 24.7. The van der Waals surface area contributed by atoms with Crippen LogP contribution in [0.2, 0.25) is 0 Å². The molecule has 0 heterocycles. The molecule has 0 fully saturated rings. The number of carbonyl (C=O) groups excluding carboxylic acids is 2. The molecule has 1 atom stereocenters. The van der Waals surface area contributed by atoms with Gasteiger partial charge in [0.1, 0.15) is 5.75 Å². The lowest BCUT2D eigenvalue weighted by Gasteiger charge is -2.13. The highest BCUT2D eigenvalue weighted by atomic mass is 32.2. The number of ketones is 1. The van der Waals surface area contributed by atoms with Crippen molar-refractivity contribution in [3.63, 3.8) is 0 Å². The first-order valence-corrected chi connectivity index (χ1v) is 10.6. The summed E-state index contributed by atoms with van der Waals surface area (Å²) >= 11 is 0. The third kappa shape index (κ3) is 6.38. The minimum absolute atomic E-state index is 0.308. The van der Waals surface area contributed by atoms with Crippen LogP contribution in [0.3, 0.4) is 0 Å². The number of rotatable bonds is 9. The predicted octanol–water partition coefficient (Wildman–Crippen LogP) is 3.28. The molecule has 0 saturated carbocycles. The van der Waals surface area contributed by atoms with Crippen LogP contribution in [0.4, 0.5) is 5.69 Å². The quantitative estimate of drug-likeness (QED) is 0.508. The maximum atomic E-state index is 12.4. The number of esters is 1. The van der Waals surface area contributed by atoms with Gasteiger partial charge >= 0.3 is 5.97 Å². The Kier molecular flexibility index (Phi) is 7.17. The fourth-order valence-electron chi connectivity index (χ4n) is 2.34. The van der Waals surface area contributed by atoms with Crippen LogP contribution in [0, 0.1) is 0 Å². The molecule has 0 radical (unpaired) electrons. The Labute approximate surface area is 164 Å². The summed E-state index contributed by atoms with van der Waals surface area (Å²) in [5, 5.41) is 0. The van der Waals surface area contributed by atoms with Crippen molar-refractivity contribution in [1.82, 2.24) is 0 Å². The number of benzene rings is 2. The van der Waals surface area contributed by atoms with Gasteiger partial charge in [0, 0.05) is 11.3 Å². The second-order valence-electron chi connectivity index (χ2n) is 6.24. The van der Waals surface area contributed by atoms with Crippen LogP contribution in [0.15, 0.2) is 48.5 Å². The van der Waals surface area contributed by atoms with Crippen LogP contribution in [0.1, 0.15) is 41.0 Å². The van der Waals surface area contributed by atoms with E-state index in [2.05, 4.69) is 4.72 Å².